The van der Waals surface area contributed by atoms with E-state index >= 15 is 0 Å². The molecule has 0 aromatic rings. The Labute approximate surface area is 79.1 Å². The first-order chi connectivity index (χ1) is 6.43. The summed E-state index contributed by atoms with van der Waals surface area (Å²) in [6.45, 7) is 3.80. The van der Waals surface area contributed by atoms with E-state index in [0.717, 1.165) is 45.0 Å². The Kier molecular flexibility index (Phi) is 5.28. The highest BCUT2D eigenvalue weighted by molar-refractivity contribution is 5.90. The molecule has 1 rings (SSSR count). The Balaban J connectivity index is 1.71. The lowest BCUT2D eigenvalue weighted by Crippen LogP contribution is -2.19. The average molecular weight is 185 g/mol. The van der Waals surface area contributed by atoms with Crippen LogP contribution in [-0.2, 0) is 0 Å². The highest BCUT2D eigenvalue weighted by atomic mass is 15.6. The normalized spacial score (nSPS) is 13.5. The summed E-state index contributed by atoms with van der Waals surface area (Å²) in [5.41, 5.74) is 11.0. The first-order valence-corrected chi connectivity index (χ1v) is 4.91. The Bertz CT molecular complexity index is 151. The van der Waals surface area contributed by atoms with Crippen LogP contribution >= 0.6 is 0 Å². The summed E-state index contributed by atoms with van der Waals surface area (Å²) in [5, 5.41) is 3.33. The SMILES string of the molecule is NCCCNCCCCN=C1NN1. The molecule has 1 aliphatic rings. The third kappa shape index (κ3) is 6.36. The van der Waals surface area contributed by atoms with Crippen LogP contribution in [0.15, 0.2) is 4.99 Å². The summed E-state index contributed by atoms with van der Waals surface area (Å²) in [6.07, 6.45) is 3.39. The summed E-state index contributed by atoms with van der Waals surface area (Å²) in [4.78, 5) is 4.22. The van der Waals surface area contributed by atoms with Gasteiger partial charge in [-0.05, 0) is 38.9 Å². The van der Waals surface area contributed by atoms with Crippen molar-refractivity contribution in [1.29, 1.82) is 0 Å². The van der Waals surface area contributed by atoms with Gasteiger partial charge >= 0.3 is 0 Å². The minimum absolute atomic E-state index is 0.776. The van der Waals surface area contributed by atoms with Crippen LogP contribution in [0.2, 0.25) is 0 Å². The van der Waals surface area contributed by atoms with E-state index in [0.29, 0.717) is 0 Å². The van der Waals surface area contributed by atoms with Crippen molar-refractivity contribution in [2.24, 2.45) is 10.7 Å². The maximum absolute atomic E-state index is 5.36. The monoisotopic (exact) mass is 185 g/mol. The van der Waals surface area contributed by atoms with E-state index in [1.807, 2.05) is 0 Å². The molecular weight excluding hydrogens is 166 g/mol. The van der Waals surface area contributed by atoms with Crippen LogP contribution in [0.3, 0.4) is 0 Å². The van der Waals surface area contributed by atoms with Gasteiger partial charge in [0.15, 0.2) is 0 Å². The molecule has 0 amide bonds. The van der Waals surface area contributed by atoms with Crippen LogP contribution in [-0.4, -0.2) is 32.1 Å². The molecule has 5 N–H and O–H groups in total. The lowest BCUT2D eigenvalue weighted by atomic mass is 10.3. The van der Waals surface area contributed by atoms with E-state index in [9.17, 15) is 0 Å². The standard InChI is InChI=1S/C8H19N5/c9-4-3-6-10-5-1-2-7-11-8-12-13-8/h10H,1-7,9H2,(H2,11,12,13). The number of hydrazine groups is 1. The van der Waals surface area contributed by atoms with Crippen molar-refractivity contribution < 1.29 is 0 Å². The third-order valence-electron chi connectivity index (χ3n) is 1.83. The van der Waals surface area contributed by atoms with Crippen molar-refractivity contribution in [3.05, 3.63) is 0 Å². The molecule has 0 bridgehead atoms. The summed E-state index contributed by atoms with van der Waals surface area (Å²) in [5.74, 6) is 0.927. The lowest BCUT2D eigenvalue weighted by Gasteiger charge is -2.01. The van der Waals surface area contributed by atoms with Gasteiger partial charge < -0.3 is 11.1 Å². The number of unbranched alkanes of at least 4 members (excludes halogenated alkanes) is 1. The van der Waals surface area contributed by atoms with Gasteiger partial charge in [-0.3, -0.25) is 15.8 Å². The molecule has 13 heavy (non-hydrogen) atoms. The van der Waals surface area contributed by atoms with Crippen molar-refractivity contribution in [3.63, 3.8) is 0 Å². The predicted molar refractivity (Wildman–Crippen MR) is 54.3 cm³/mol. The van der Waals surface area contributed by atoms with E-state index in [1.165, 1.54) is 6.42 Å². The Hall–Kier alpha value is -0.810. The van der Waals surface area contributed by atoms with Crippen molar-refractivity contribution in [2.75, 3.05) is 26.2 Å². The largest absolute Gasteiger partial charge is 0.330 e. The molecule has 0 aromatic heterocycles. The molecule has 0 radical (unpaired) electrons. The average Bonchev–Trinajstić information content (AvgIpc) is 2.93. The zero-order valence-electron chi connectivity index (χ0n) is 7.97. The van der Waals surface area contributed by atoms with E-state index in [2.05, 4.69) is 21.2 Å². The van der Waals surface area contributed by atoms with Gasteiger partial charge in [0, 0.05) is 6.54 Å². The Morgan fingerprint density at radius 3 is 2.62 bits per heavy atom. The molecular formula is C8H19N5. The number of hydrogen-bond donors (Lipinski definition) is 4. The first kappa shape index (κ1) is 10.3. The molecule has 1 aliphatic heterocycles. The molecule has 0 aromatic carbocycles. The van der Waals surface area contributed by atoms with Crippen LogP contribution in [0.4, 0.5) is 0 Å². The third-order valence-corrected chi connectivity index (χ3v) is 1.83. The van der Waals surface area contributed by atoms with Crippen LogP contribution in [0.1, 0.15) is 19.3 Å². The zero-order valence-corrected chi connectivity index (χ0v) is 7.97. The molecule has 1 fully saturated rings. The molecule has 1 saturated heterocycles. The number of nitrogens with zero attached hydrogens (tertiary/aromatic N) is 1. The van der Waals surface area contributed by atoms with E-state index in [1.54, 1.807) is 0 Å². The highest BCUT2D eigenvalue weighted by Crippen LogP contribution is 1.89. The topological polar surface area (TPSA) is 94.3 Å². The highest BCUT2D eigenvalue weighted by Gasteiger charge is 2.06. The van der Waals surface area contributed by atoms with Crippen LogP contribution in [0.5, 0.6) is 0 Å². The molecule has 76 valence electrons. The van der Waals surface area contributed by atoms with Gasteiger partial charge in [-0.25, -0.2) is 0 Å². The van der Waals surface area contributed by atoms with Gasteiger partial charge in [-0.15, -0.1) is 0 Å². The second kappa shape index (κ2) is 6.68. The maximum atomic E-state index is 5.36. The van der Waals surface area contributed by atoms with Crippen LogP contribution in [0, 0.1) is 0 Å². The van der Waals surface area contributed by atoms with Crippen molar-refractivity contribution >= 4 is 5.96 Å². The molecule has 5 heteroatoms. The van der Waals surface area contributed by atoms with Crippen molar-refractivity contribution in [3.8, 4) is 0 Å². The Morgan fingerprint density at radius 1 is 1.15 bits per heavy atom. The number of nitrogens with one attached hydrogen (secondary N) is 3. The van der Waals surface area contributed by atoms with Gasteiger partial charge in [-0.2, -0.15) is 0 Å². The van der Waals surface area contributed by atoms with E-state index in [4.69, 9.17) is 5.73 Å². The summed E-state index contributed by atoms with van der Waals surface area (Å²) in [6, 6.07) is 0. The number of nitrogens with two attached hydrogens (primary N) is 1. The van der Waals surface area contributed by atoms with Crippen LogP contribution < -0.4 is 21.9 Å². The summed E-state index contributed by atoms with van der Waals surface area (Å²) >= 11 is 0. The number of guanidine groups is 1. The quantitative estimate of drug-likeness (QED) is 0.293. The number of rotatable bonds is 8. The summed E-state index contributed by atoms with van der Waals surface area (Å²) < 4.78 is 0. The maximum Gasteiger partial charge on any atom is 0.229 e. The molecule has 1 heterocycles. The molecule has 0 unspecified atom stereocenters. The van der Waals surface area contributed by atoms with Gasteiger partial charge in [0.2, 0.25) is 5.96 Å². The second-order valence-corrected chi connectivity index (χ2v) is 3.08. The number of hydrogen-bond acceptors (Lipinski definition) is 3. The van der Waals surface area contributed by atoms with E-state index < -0.39 is 0 Å². The minimum atomic E-state index is 0.776. The van der Waals surface area contributed by atoms with Gasteiger partial charge in [0.1, 0.15) is 0 Å². The molecule has 5 nitrogen and oxygen atoms in total. The fraction of sp³-hybridized carbons (Fsp3) is 0.875. The van der Waals surface area contributed by atoms with E-state index in [-0.39, 0.29) is 0 Å². The minimum Gasteiger partial charge on any atom is -0.330 e. The lowest BCUT2D eigenvalue weighted by molar-refractivity contribution is 0.611. The Morgan fingerprint density at radius 2 is 1.92 bits per heavy atom. The zero-order chi connectivity index (χ0) is 9.36. The molecule has 0 saturated carbocycles. The van der Waals surface area contributed by atoms with Gasteiger partial charge in [0.25, 0.3) is 0 Å². The van der Waals surface area contributed by atoms with Crippen molar-refractivity contribution in [2.45, 2.75) is 19.3 Å². The summed E-state index contributed by atoms with van der Waals surface area (Å²) in [7, 11) is 0. The first-order valence-electron chi connectivity index (χ1n) is 4.91. The van der Waals surface area contributed by atoms with Crippen molar-refractivity contribution in [1.82, 2.24) is 16.2 Å². The second-order valence-electron chi connectivity index (χ2n) is 3.08. The van der Waals surface area contributed by atoms with Gasteiger partial charge in [0.05, 0.1) is 0 Å². The smallest absolute Gasteiger partial charge is 0.229 e. The molecule has 0 aliphatic carbocycles. The van der Waals surface area contributed by atoms with Gasteiger partial charge in [-0.1, -0.05) is 0 Å². The predicted octanol–water partition coefficient (Wildman–Crippen LogP) is -0.831. The fourth-order valence-corrected chi connectivity index (χ4v) is 1.01. The fourth-order valence-electron chi connectivity index (χ4n) is 1.01. The van der Waals surface area contributed by atoms with Crippen LogP contribution in [0.25, 0.3) is 0 Å². The number of aliphatic imine (C=N–C) groups is 1. The molecule has 0 atom stereocenters. The molecule has 0 spiro atoms.